The van der Waals surface area contributed by atoms with Crippen molar-refractivity contribution in [1.29, 1.82) is 0 Å². The van der Waals surface area contributed by atoms with Crippen molar-refractivity contribution in [2.24, 2.45) is 5.41 Å². The molecule has 0 radical (unpaired) electrons. The summed E-state index contributed by atoms with van der Waals surface area (Å²) in [7, 11) is 1.59. The lowest BCUT2D eigenvalue weighted by Crippen LogP contribution is -2.35. The first-order chi connectivity index (χ1) is 5.93. The van der Waals surface area contributed by atoms with Gasteiger partial charge in [-0.1, -0.05) is 26.8 Å². The summed E-state index contributed by atoms with van der Waals surface area (Å²) in [4.78, 5) is 11.6. The van der Waals surface area contributed by atoms with Crippen molar-refractivity contribution in [3.05, 3.63) is 12.7 Å². The van der Waals surface area contributed by atoms with Crippen LogP contribution in [0.1, 0.15) is 33.6 Å². The maximum absolute atomic E-state index is 11.6. The van der Waals surface area contributed by atoms with E-state index in [1.54, 1.807) is 13.2 Å². The fourth-order valence-corrected chi connectivity index (χ4v) is 1.34. The van der Waals surface area contributed by atoms with E-state index in [1.165, 1.54) is 0 Å². The molecular weight excluding hydrogens is 164 g/mol. The molecule has 0 N–H and O–H groups in total. The third kappa shape index (κ3) is 4.23. The normalized spacial score (nSPS) is 13.8. The van der Waals surface area contributed by atoms with Crippen LogP contribution in [0.25, 0.3) is 0 Å². The van der Waals surface area contributed by atoms with E-state index in [0.717, 1.165) is 6.42 Å². The van der Waals surface area contributed by atoms with Crippen LogP contribution in [0.15, 0.2) is 12.7 Å². The molecule has 0 aliphatic carbocycles. The van der Waals surface area contributed by atoms with Crippen LogP contribution in [0.5, 0.6) is 0 Å². The first kappa shape index (κ1) is 12.4. The SMILES string of the molecule is C=CCCC(=O)C(OC)C(C)(C)C. The molecule has 0 saturated heterocycles. The number of hydrogen-bond acceptors (Lipinski definition) is 2. The molecule has 0 heterocycles. The molecule has 76 valence electrons. The molecule has 0 fully saturated rings. The van der Waals surface area contributed by atoms with Gasteiger partial charge >= 0.3 is 0 Å². The molecule has 13 heavy (non-hydrogen) atoms. The minimum absolute atomic E-state index is 0.118. The average Bonchev–Trinajstić information content (AvgIpc) is 1.99. The second-order valence-electron chi connectivity index (χ2n) is 4.28. The molecule has 0 aliphatic heterocycles. The van der Waals surface area contributed by atoms with Crippen molar-refractivity contribution in [2.45, 2.75) is 39.7 Å². The van der Waals surface area contributed by atoms with Gasteiger partial charge in [0.05, 0.1) is 0 Å². The van der Waals surface area contributed by atoms with Crippen molar-refractivity contribution in [1.82, 2.24) is 0 Å². The molecule has 2 heteroatoms. The number of methoxy groups -OCH3 is 1. The Morgan fingerprint density at radius 3 is 2.38 bits per heavy atom. The van der Waals surface area contributed by atoms with Crippen LogP contribution in [0.4, 0.5) is 0 Å². The monoisotopic (exact) mass is 184 g/mol. The number of carbonyl (C=O) groups is 1. The van der Waals surface area contributed by atoms with Gasteiger partial charge in [0.15, 0.2) is 5.78 Å². The van der Waals surface area contributed by atoms with Gasteiger partial charge in [-0.3, -0.25) is 4.79 Å². The zero-order valence-corrected chi connectivity index (χ0v) is 9.09. The summed E-state index contributed by atoms with van der Waals surface area (Å²) >= 11 is 0. The molecule has 0 aromatic rings. The molecule has 0 bridgehead atoms. The summed E-state index contributed by atoms with van der Waals surface area (Å²) < 4.78 is 5.19. The summed E-state index contributed by atoms with van der Waals surface area (Å²) in [6.45, 7) is 9.61. The van der Waals surface area contributed by atoms with Gasteiger partial charge in [-0.15, -0.1) is 6.58 Å². The van der Waals surface area contributed by atoms with Gasteiger partial charge in [-0.2, -0.15) is 0 Å². The highest BCUT2D eigenvalue weighted by Gasteiger charge is 2.30. The van der Waals surface area contributed by atoms with Crippen molar-refractivity contribution in [3.63, 3.8) is 0 Å². The van der Waals surface area contributed by atoms with Crippen molar-refractivity contribution >= 4 is 5.78 Å². The van der Waals surface area contributed by atoms with Crippen molar-refractivity contribution in [2.75, 3.05) is 7.11 Å². The van der Waals surface area contributed by atoms with Crippen molar-refractivity contribution in [3.8, 4) is 0 Å². The second-order valence-corrected chi connectivity index (χ2v) is 4.28. The summed E-state index contributed by atoms with van der Waals surface area (Å²) in [5, 5.41) is 0. The van der Waals surface area contributed by atoms with Gasteiger partial charge in [-0.05, 0) is 11.8 Å². The smallest absolute Gasteiger partial charge is 0.162 e. The Kier molecular flexibility index (Phi) is 4.92. The topological polar surface area (TPSA) is 26.3 Å². The number of ketones is 1. The molecule has 0 aliphatic rings. The highest BCUT2D eigenvalue weighted by Crippen LogP contribution is 2.23. The Labute approximate surface area is 81.0 Å². The van der Waals surface area contributed by atoms with Crippen LogP contribution in [-0.2, 0) is 9.53 Å². The third-order valence-corrected chi connectivity index (χ3v) is 1.91. The summed E-state index contributed by atoms with van der Waals surface area (Å²) in [5.41, 5.74) is -0.118. The van der Waals surface area contributed by atoms with Gasteiger partial charge in [0.2, 0.25) is 0 Å². The molecule has 0 amide bonds. The summed E-state index contributed by atoms with van der Waals surface area (Å²) in [6.07, 6.45) is 2.72. The van der Waals surface area contributed by atoms with E-state index in [0.29, 0.717) is 6.42 Å². The van der Waals surface area contributed by atoms with E-state index in [9.17, 15) is 4.79 Å². The molecule has 0 rings (SSSR count). The van der Waals surface area contributed by atoms with Gasteiger partial charge in [-0.25, -0.2) is 0 Å². The maximum atomic E-state index is 11.6. The van der Waals surface area contributed by atoms with Crippen LogP contribution in [0, 0.1) is 5.41 Å². The Balaban J connectivity index is 4.24. The standard InChI is InChI=1S/C11H20O2/c1-6-7-8-9(12)10(13-5)11(2,3)4/h6,10H,1,7-8H2,2-5H3. The molecule has 1 unspecified atom stereocenters. The average molecular weight is 184 g/mol. The molecule has 0 saturated carbocycles. The zero-order chi connectivity index (χ0) is 10.5. The number of Topliss-reactive ketones (excluding diaryl/α,β-unsaturated/α-hetero) is 1. The highest BCUT2D eigenvalue weighted by molar-refractivity contribution is 5.83. The zero-order valence-electron chi connectivity index (χ0n) is 9.09. The fourth-order valence-electron chi connectivity index (χ4n) is 1.34. The van der Waals surface area contributed by atoms with Gasteiger partial charge < -0.3 is 4.74 Å². The first-order valence-corrected chi connectivity index (χ1v) is 4.60. The largest absolute Gasteiger partial charge is 0.373 e. The summed E-state index contributed by atoms with van der Waals surface area (Å²) in [6, 6.07) is 0. The van der Waals surface area contributed by atoms with E-state index in [-0.39, 0.29) is 17.3 Å². The number of hydrogen-bond donors (Lipinski definition) is 0. The predicted molar refractivity (Wildman–Crippen MR) is 54.7 cm³/mol. The maximum Gasteiger partial charge on any atom is 0.162 e. The Bertz CT molecular complexity index is 177. The van der Waals surface area contributed by atoms with Crippen LogP contribution < -0.4 is 0 Å². The first-order valence-electron chi connectivity index (χ1n) is 4.60. The minimum atomic E-state index is -0.299. The van der Waals surface area contributed by atoms with E-state index in [1.807, 2.05) is 20.8 Å². The van der Waals surface area contributed by atoms with E-state index >= 15 is 0 Å². The number of allylic oxidation sites excluding steroid dienone is 1. The van der Waals surface area contributed by atoms with Crippen LogP contribution in [-0.4, -0.2) is 19.0 Å². The van der Waals surface area contributed by atoms with Gasteiger partial charge in [0, 0.05) is 13.5 Å². The quantitative estimate of drug-likeness (QED) is 0.614. The molecule has 0 aromatic heterocycles. The molecule has 0 aromatic carbocycles. The van der Waals surface area contributed by atoms with E-state index < -0.39 is 0 Å². The second kappa shape index (κ2) is 5.18. The van der Waals surface area contributed by atoms with Gasteiger partial charge in [0.1, 0.15) is 6.10 Å². The fraction of sp³-hybridized carbons (Fsp3) is 0.727. The highest BCUT2D eigenvalue weighted by atomic mass is 16.5. The number of ether oxygens (including phenoxy) is 1. The number of rotatable bonds is 5. The Morgan fingerprint density at radius 1 is 1.54 bits per heavy atom. The van der Waals surface area contributed by atoms with E-state index in [4.69, 9.17) is 4.74 Å². The predicted octanol–water partition coefficient (Wildman–Crippen LogP) is 2.58. The minimum Gasteiger partial charge on any atom is -0.373 e. The third-order valence-electron chi connectivity index (χ3n) is 1.91. The lowest BCUT2D eigenvalue weighted by Gasteiger charge is -2.27. The lowest BCUT2D eigenvalue weighted by atomic mass is 9.85. The van der Waals surface area contributed by atoms with Crippen LogP contribution in [0.2, 0.25) is 0 Å². The summed E-state index contributed by atoms with van der Waals surface area (Å²) in [5.74, 6) is 0.162. The van der Waals surface area contributed by atoms with Crippen molar-refractivity contribution < 1.29 is 9.53 Å². The van der Waals surface area contributed by atoms with Gasteiger partial charge in [0.25, 0.3) is 0 Å². The Hall–Kier alpha value is -0.630. The lowest BCUT2D eigenvalue weighted by molar-refractivity contribution is -0.134. The molecule has 1 atom stereocenters. The molecule has 2 nitrogen and oxygen atoms in total. The Morgan fingerprint density at radius 2 is 2.08 bits per heavy atom. The van der Waals surface area contributed by atoms with Crippen LogP contribution >= 0.6 is 0 Å². The van der Waals surface area contributed by atoms with Crippen LogP contribution in [0.3, 0.4) is 0 Å². The van der Waals surface area contributed by atoms with E-state index in [2.05, 4.69) is 6.58 Å². The molecule has 0 spiro atoms. The molecular formula is C11H20O2. The number of carbonyl (C=O) groups excluding carboxylic acids is 1.